The summed E-state index contributed by atoms with van der Waals surface area (Å²) in [6.45, 7) is 0. The molecule has 0 saturated carbocycles. The Kier molecular flexibility index (Phi) is 3.42. The van der Waals surface area contributed by atoms with Crippen LogP contribution in [0.4, 0.5) is 20.2 Å². The number of hydrogen-bond acceptors (Lipinski definition) is 3. The number of benzene rings is 2. The van der Waals surface area contributed by atoms with Crippen LogP contribution in [0.2, 0.25) is 0 Å². The molecule has 0 aliphatic rings. The highest BCUT2D eigenvalue weighted by molar-refractivity contribution is 6.13. The highest BCUT2D eigenvalue weighted by Crippen LogP contribution is 2.23. The summed E-state index contributed by atoms with van der Waals surface area (Å²) in [6, 6.07) is 9.73. The van der Waals surface area contributed by atoms with Crippen LogP contribution < -0.4 is 11.1 Å². The number of nitrogens with zero attached hydrogens (tertiary/aromatic N) is 1. The van der Waals surface area contributed by atoms with E-state index in [0.29, 0.717) is 22.5 Å². The minimum atomic E-state index is -0.854. The molecule has 1 aromatic heterocycles. The van der Waals surface area contributed by atoms with Gasteiger partial charge in [-0.25, -0.2) is 8.78 Å². The SMILES string of the molecule is Nc1cccc2c(C(=O)Nc3ccc(F)cc3F)nccc12. The molecule has 0 fully saturated rings. The quantitative estimate of drug-likeness (QED) is 0.713. The van der Waals surface area contributed by atoms with Crippen molar-refractivity contribution in [3.63, 3.8) is 0 Å². The molecule has 1 amide bonds. The first kappa shape index (κ1) is 13.9. The topological polar surface area (TPSA) is 68.0 Å². The zero-order valence-electron chi connectivity index (χ0n) is 11.3. The molecular formula is C16H11F2N3O. The van der Waals surface area contributed by atoms with Crippen LogP contribution in [0.3, 0.4) is 0 Å². The maximum absolute atomic E-state index is 13.6. The van der Waals surface area contributed by atoms with Crippen LogP contribution in [-0.4, -0.2) is 10.9 Å². The van der Waals surface area contributed by atoms with E-state index in [-0.39, 0.29) is 11.4 Å². The molecule has 0 aliphatic carbocycles. The Balaban J connectivity index is 2.01. The molecule has 0 atom stereocenters. The monoisotopic (exact) mass is 299 g/mol. The lowest BCUT2D eigenvalue weighted by atomic mass is 10.1. The Labute approximate surface area is 124 Å². The first-order chi connectivity index (χ1) is 10.6. The van der Waals surface area contributed by atoms with E-state index in [2.05, 4.69) is 10.3 Å². The molecule has 0 saturated heterocycles. The van der Waals surface area contributed by atoms with Gasteiger partial charge >= 0.3 is 0 Å². The van der Waals surface area contributed by atoms with Crippen LogP contribution in [0.15, 0.2) is 48.7 Å². The van der Waals surface area contributed by atoms with Crippen molar-refractivity contribution >= 4 is 28.1 Å². The molecular weight excluding hydrogens is 288 g/mol. The predicted octanol–water partition coefficient (Wildman–Crippen LogP) is 3.35. The van der Waals surface area contributed by atoms with E-state index in [9.17, 15) is 13.6 Å². The number of halogens is 2. The van der Waals surface area contributed by atoms with Crippen LogP contribution in [0, 0.1) is 11.6 Å². The van der Waals surface area contributed by atoms with Crippen LogP contribution in [0.25, 0.3) is 10.8 Å². The molecule has 0 aliphatic heterocycles. The normalized spacial score (nSPS) is 10.6. The van der Waals surface area contributed by atoms with Gasteiger partial charge in [0.2, 0.25) is 0 Å². The minimum Gasteiger partial charge on any atom is -0.398 e. The minimum absolute atomic E-state index is 0.117. The second kappa shape index (κ2) is 5.40. The number of anilines is 2. The summed E-state index contributed by atoms with van der Waals surface area (Å²) in [5.74, 6) is -2.17. The zero-order chi connectivity index (χ0) is 15.7. The number of rotatable bonds is 2. The maximum atomic E-state index is 13.6. The van der Waals surface area contributed by atoms with E-state index in [1.54, 1.807) is 24.3 Å². The van der Waals surface area contributed by atoms with E-state index in [1.807, 2.05) is 0 Å². The highest BCUT2D eigenvalue weighted by atomic mass is 19.1. The van der Waals surface area contributed by atoms with Crippen LogP contribution >= 0.6 is 0 Å². The van der Waals surface area contributed by atoms with Gasteiger partial charge in [0.05, 0.1) is 5.69 Å². The van der Waals surface area contributed by atoms with E-state index in [1.165, 1.54) is 6.20 Å². The molecule has 22 heavy (non-hydrogen) atoms. The summed E-state index contributed by atoms with van der Waals surface area (Å²) in [5, 5.41) is 3.62. The number of aromatic nitrogens is 1. The van der Waals surface area contributed by atoms with Gasteiger partial charge in [0.15, 0.2) is 0 Å². The molecule has 0 radical (unpaired) electrons. The third-order valence-electron chi connectivity index (χ3n) is 3.23. The Bertz CT molecular complexity index is 880. The number of pyridine rings is 1. The molecule has 2 aromatic carbocycles. The molecule has 0 bridgehead atoms. The number of nitrogens with one attached hydrogen (secondary N) is 1. The van der Waals surface area contributed by atoms with Gasteiger partial charge in [0, 0.05) is 28.7 Å². The van der Waals surface area contributed by atoms with E-state index < -0.39 is 17.5 Å². The standard InChI is InChI=1S/C16H11F2N3O/c17-9-4-5-14(12(18)8-9)21-16(22)15-11-2-1-3-13(19)10(11)6-7-20-15/h1-8H,19H2,(H,21,22). The van der Waals surface area contributed by atoms with E-state index in [4.69, 9.17) is 5.73 Å². The zero-order valence-corrected chi connectivity index (χ0v) is 11.3. The molecule has 1 heterocycles. The number of carbonyl (C=O) groups is 1. The van der Waals surface area contributed by atoms with Gasteiger partial charge in [-0.05, 0) is 24.3 Å². The van der Waals surface area contributed by atoms with E-state index in [0.717, 1.165) is 12.1 Å². The first-order valence-corrected chi connectivity index (χ1v) is 6.46. The average Bonchev–Trinajstić information content (AvgIpc) is 2.50. The van der Waals surface area contributed by atoms with Crippen molar-refractivity contribution in [1.29, 1.82) is 0 Å². The molecule has 3 rings (SSSR count). The van der Waals surface area contributed by atoms with E-state index >= 15 is 0 Å². The largest absolute Gasteiger partial charge is 0.398 e. The number of hydrogen-bond donors (Lipinski definition) is 2. The Hall–Kier alpha value is -3.02. The molecule has 4 nitrogen and oxygen atoms in total. The van der Waals surface area contributed by atoms with Gasteiger partial charge in [0.25, 0.3) is 5.91 Å². The van der Waals surface area contributed by atoms with Crippen molar-refractivity contribution < 1.29 is 13.6 Å². The summed E-state index contributed by atoms with van der Waals surface area (Å²) in [6.07, 6.45) is 1.45. The number of carbonyl (C=O) groups excluding carboxylic acids is 1. The van der Waals surface area contributed by atoms with Crippen molar-refractivity contribution in [2.24, 2.45) is 0 Å². The van der Waals surface area contributed by atoms with Gasteiger partial charge < -0.3 is 11.1 Å². The number of nitrogens with two attached hydrogens (primary N) is 1. The predicted molar refractivity (Wildman–Crippen MR) is 80.5 cm³/mol. The number of amides is 1. The van der Waals surface area contributed by atoms with Crippen molar-refractivity contribution in [2.75, 3.05) is 11.1 Å². The highest BCUT2D eigenvalue weighted by Gasteiger charge is 2.14. The lowest BCUT2D eigenvalue weighted by molar-refractivity contribution is 0.102. The molecule has 0 unspecified atom stereocenters. The summed E-state index contributed by atoms with van der Waals surface area (Å²) < 4.78 is 26.5. The van der Waals surface area contributed by atoms with Crippen LogP contribution in [-0.2, 0) is 0 Å². The smallest absolute Gasteiger partial charge is 0.274 e. The van der Waals surface area contributed by atoms with Gasteiger partial charge in [-0.15, -0.1) is 0 Å². The summed E-state index contributed by atoms with van der Waals surface area (Å²) in [7, 11) is 0. The van der Waals surface area contributed by atoms with Gasteiger partial charge in [-0.3, -0.25) is 9.78 Å². The molecule has 6 heteroatoms. The third kappa shape index (κ3) is 2.46. The summed E-state index contributed by atoms with van der Waals surface area (Å²) in [5.41, 5.74) is 6.38. The molecule has 0 spiro atoms. The number of nitrogen functional groups attached to an aromatic ring is 1. The Morgan fingerprint density at radius 3 is 2.68 bits per heavy atom. The van der Waals surface area contributed by atoms with Crippen LogP contribution in [0.1, 0.15) is 10.5 Å². The fourth-order valence-corrected chi connectivity index (χ4v) is 2.18. The summed E-state index contributed by atoms with van der Waals surface area (Å²) in [4.78, 5) is 16.3. The van der Waals surface area contributed by atoms with Crippen LogP contribution in [0.5, 0.6) is 0 Å². The fraction of sp³-hybridized carbons (Fsp3) is 0. The Morgan fingerprint density at radius 2 is 1.91 bits per heavy atom. The summed E-state index contributed by atoms with van der Waals surface area (Å²) >= 11 is 0. The van der Waals surface area contributed by atoms with Crippen molar-refractivity contribution in [3.8, 4) is 0 Å². The maximum Gasteiger partial charge on any atom is 0.274 e. The molecule has 110 valence electrons. The molecule has 3 N–H and O–H groups in total. The average molecular weight is 299 g/mol. The first-order valence-electron chi connectivity index (χ1n) is 6.46. The third-order valence-corrected chi connectivity index (χ3v) is 3.23. The van der Waals surface area contributed by atoms with Gasteiger partial charge in [-0.1, -0.05) is 12.1 Å². The number of fused-ring (bicyclic) bond motifs is 1. The molecule has 3 aromatic rings. The van der Waals surface area contributed by atoms with Crippen molar-refractivity contribution in [1.82, 2.24) is 4.98 Å². The van der Waals surface area contributed by atoms with Crippen molar-refractivity contribution in [2.45, 2.75) is 0 Å². The van der Waals surface area contributed by atoms with Crippen molar-refractivity contribution in [3.05, 3.63) is 66.0 Å². The Morgan fingerprint density at radius 1 is 1.09 bits per heavy atom. The second-order valence-corrected chi connectivity index (χ2v) is 4.68. The van der Waals surface area contributed by atoms with Gasteiger partial charge in [0.1, 0.15) is 17.3 Å². The lowest BCUT2D eigenvalue weighted by Crippen LogP contribution is -2.15. The second-order valence-electron chi connectivity index (χ2n) is 4.68. The lowest BCUT2D eigenvalue weighted by Gasteiger charge is -2.09. The van der Waals surface area contributed by atoms with Gasteiger partial charge in [-0.2, -0.15) is 0 Å². The fourth-order valence-electron chi connectivity index (χ4n) is 2.18.